The third-order valence-corrected chi connectivity index (χ3v) is 3.32. The first-order valence-electron chi connectivity index (χ1n) is 6.28. The average Bonchev–Trinajstić information content (AvgIpc) is 2.35. The van der Waals surface area contributed by atoms with E-state index in [0.717, 1.165) is 45.8 Å². The quantitative estimate of drug-likeness (QED) is 0.600. The van der Waals surface area contributed by atoms with Crippen molar-refractivity contribution in [3.63, 3.8) is 0 Å². The second-order valence-electron chi connectivity index (χ2n) is 4.77. The van der Waals surface area contributed by atoms with Crippen molar-refractivity contribution in [1.29, 1.82) is 0 Å². The van der Waals surface area contributed by atoms with Gasteiger partial charge < -0.3 is 14.5 Å². The van der Waals surface area contributed by atoms with Gasteiger partial charge in [0.1, 0.15) is 0 Å². The Balaban J connectivity index is 2.07. The second kappa shape index (κ2) is 7.63. The third-order valence-electron chi connectivity index (χ3n) is 3.32. The topological polar surface area (TPSA) is 36.0 Å². The van der Waals surface area contributed by atoms with Crippen molar-refractivity contribution in [3.8, 4) is 0 Å². The largest absolute Gasteiger partial charge is 0.469 e. The van der Waals surface area contributed by atoms with E-state index in [2.05, 4.69) is 33.5 Å². The van der Waals surface area contributed by atoms with E-state index < -0.39 is 0 Å². The van der Waals surface area contributed by atoms with Crippen LogP contribution in [0.25, 0.3) is 0 Å². The Morgan fingerprint density at radius 3 is 2.47 bits per heavy atom. The molecule has 0 amide bonds. The number of ether oxygens (including phenoxy) is 1. The normalized spacial score (nSPS) is 18.6. The van der Waals surface area contributed by atoms with Gasteiger partial charge in [-0.2, -0.15) is 0 Å². The molecule has 1 aliphatic rings. The number of likely N-dealkylation sites (N-methyl/N-ethyl adjacent to an activating group) is 2. The van der Waals surface area contributed by atoms with E-state index in [1.807, 2.05) is 0 Å². The van der Waals surface area contributed by atoms with Crippen molar-refractivity contribution in [3.05, 3.63) is 0 Å². The van der Waals surface area contributed by atoms with Gasteiger partial charge >= 0.3 is 5.97 Å². The number of carbonyl (C=O) groups is 1. The monoisotopic (exact) mass is 243 g/mol. The molecule has 17 heavy (non-hydrogen) atoms. The predicted molar refractivity (Wildman–Crippen MR) is 68.1 cm³/mol. The molecule has 0 spiro atoms. The van der Waals surface area contributed by atoms with Gasteiger partial charge in [0, 0.05) is 45.8 Å². The van der Waals surface area contributed by atoms with Crippen LogP contribution in [0.1, 0.15) is 6.42 Å². The number of piperazine rings is 1. The van der Waals surface area contributed by atoms with Crippen molar-refractivity contribution in [2.24, 2.45) is 0 Å². The summed E-state index contributed by atoms with van der Waals surface area (Å²) < 4.78 is 4.63. The van der Waals surface area contributed by atoms with Crippen LogP contribution in [0.5, 0.6) is 0 Å². The summed E-state index contributed by atoms with van der Waals surface area (Å²) in [5, 5.41) is 0. The Morgan fingerprint density at radius 1 is 1.24 bits per heavy atom. The Kier molecular flexibility index (Phi) is 6.47. The number of nitrogens with zero attached hydrogens (tertiary/aromatic N) is 3. The third kappa shape index (κ3) is 6.00. The second-order valence-corrected chi connectivity index (χ2v) is 4.77. The predicted octanol–water partition coefficient (Wildman–Crippen LogP) is -0.271. The minimum Gasteiger partial charge on any atom is -0.469 e. The molecule has 0 aromatic rings. The molecule has 0 aromatic carbocycles. The highest BCUT2D eigenvalue weighted by Gasteiger charge is 2.13. The zero-order valence-electron chi connectivity index (χ0n) is 11.3. The summed E-state index contributed by atoms with van der Waals surface area (Å²) in [5.41, 5.74) is 0. The van der Waals surface area contributed by atoms with E-state index in [9.17, 15) is 4.79 Å². The minimum atomic E-state index is -0.128. The van der Waals surface area contributed by atoms with Gasteiger partial charge in [0.2, 0.25) is 0 Å². The summed E-state index contributed by atoms with van der Waals surface area (Å²) in [6, 6.07) is 0. The molecule has 0 bridgehead atoms. The van der Waals surface area contributed by atoms with E-state index in [4.69, 9.17) is 0 Å². The molecule has 5 heteroatoms. The van der Waals surface area contributed by atoms with Crippen LogP contribution in [-0.2, 0) is 9.53 Å². The summed E-state index contributed by atoms with van der Waals surface area (Å²) in [6.07, 6.45) is 0.482. The number of methoxy groups -OCH3 is 1. The van der Waals surface area contributed by atoms with Crippen LogP contribution in [0.15, 0.2) is 0 Å². The lowest BCUT2D eigenvalue weighted by molar-refractivity contribution is -0.140. The van der Waals surface area contributed by atoms with E-state index in [-0.39, 0.29) is 5.97 Å². The van der Waals surface area contributed by atoms with Crippen molar-refractivity contribution >= 4 is 5.97 Å². The van der Waals surface area contributed by atoms with Gasteiger partial charge in [-0.25, -0.2) is 0 Å². The standard InChI is InChI=1S/C12H25N3O2/c1-13(5-4-12(16)17-3)6-9-15-10-7-14(2)8-11-15/h4-11H2,1-3H3. The van der Waals surface area contributed by atoms with E-state index >= 15 is 0 Å². The Labute approximate surface area is 104 Å². The van der Waals surface area contributed by atoms with Crippen LogP contribution in [0.3, 0.4) is 0 Å². The molecule has 0 atom stereocenters. The summed E-state index contributed by atoms with van der Waals surface area (Å²) >= 11 is 0. The minimum absolute atomic E-state index is 0.128. The summed E-state index contributed by atoms with van der Waals surface area (Å²) in [5.74, 6) is -0.128. The lowest BCUT2D eigenvalue weighted by Crippen LogP contribution is -2.46. The van der Waals surface area contributed by atoms with E-state index in [1.165, 1.54) is 7.11 Å². The SMILES string of the molecule is COC(=O)CCN(C)CCN1CCN(C)CC1. The van der Waals surface area contributed by atoms with Crippen molar-refractivity contribution < 1.29 is 9.53 Å². The molecule has 5 nitrogen and oxygen atoms in total. The Bertz CT molecular complexity index is 228. The lowest BCUT2D eigenvalue weighted by Gasteiger charge is -2.33. The molecule has 0 saturated carbocycles. The highest BCUT2D eigenvalue weighted by Crippen LogP contribution is 1.99. The molecular weight excluding hydrogens is 218 g/mol. The van der Waals surface area contributed by atoms with E-state index in [1.54, 1.807) is 0 Å². The summed E-state index contributed by atoms with van der Waals surface area (Å²) in [6.45, 7) is 7.51. The maximum atomic E-state index is 11.0. The highest BCUT2D eigenvalue weighted by atomic mass is 16.5. The molecular formula is C12H25N3O2. The van der Waals surface area contributed by atoms with Crippen molar-refractivity contribution in [1.82, 2.24) is 14.7 Å². The Morgan fingerprint density at radius 2 is 1.88 bits per heavy atom. The van der Waals surface area contributed by atoms with Gasteiger partial charge in [-0.1, -0.05) is 0 Å². The summed E-state index contributed by atoms with van der Waals surface area (Å²) in [7, 11) is 5.66. The van der Waals surface area contributed by atoms with Gasteiger partial charge in [0.25, 0.3) is 0 Å². The number of esters is 1. The smallest absolute Gasteiger partial charge is 0.306 e. The first-order chi connectivity index (χ1) is 8.11. The molecule has 0 radical (unpaired) electrons. The first-order valence-corrected chi connectivity index (χ1v) is 6.28. The zero-order chi connectivity index (χ0) is 12.7. The number of hydrogen-bond donors (Lipinski definition) is 0. The number of hydrogen-bond acceptors (Lipinski definition) is 5. The van der Waals surface area contributed by atoms with E-state index in [0.29, 0.717) is 6.42 Å². The molecule has 0 N–H and O–H groups in total. The highest BCUT2D eigenvalue weighted by molar-refractivity contribution is 5.69. The molecule has 1 heterocycles. The summed E-state index contributed by atoms with van der Waals surface area (Å²) in [4.78, 5) is 18.0. The van der Waals surface area contributed by atoms with Gasteiger partial charge in [-0.05, 0) is 14.1 Å². The fourth-order valence-corrected chi connectivity index (χ4v) is 1.88. The van der Waals surface area contributed by atoms with Gasteiger partial charge in [0.15, 0.2) is 0 Å². The molecule has 100 valence electrons. The van der Waals surface area contributed by atoms with Crippen LogP contribution in [-0.4, -0.2) is 87.7 Å². The van der Waals surface area contributed by atoms with Crippen LogP contribution in [0.2, 0.25) is 0 Å². The number of carbonyl (C=O) groups excluding carboxylic acids is 1. The molecule has 1 rings (SSSR count). The molecule has 1 aliphatic heterocycles. The fourth-order valence-electron chi connectivity index (χ4n) is 1.88. The van der Waals surface area contributed by atoms with Crippen LogP contribution < -0.4 is 0 Å². The maximum absolute atomic E-state index is 11.0. The maximum Gasteiger partial charge on any atom is 0.306 e. The zero-order valence-corrected chi connectivity index (χ0v) is 11.3. The fraction of sp³-hybridized carbons (Fsp3) is 0.917. The van der Waals surface area contributed by atoms with Gasteiger partial charge in [-0.15, -0.1) is 0 Å². The van der Waals surface area contributed by atoms with Crippen LogP contribution >= 0.6 is 0 Å². The molecule has 1 saturated heterocycles. The van der Waals surface area contributed by atoms with Crippen LogP contribution in [0.4, 0.5) is 0 Å². The lowest BCUT2D eigenvalue weighted by atomic mass is 10.3. The van der Waals surface area contributed by atoms with Crippen LogP contribution in [0, 0.1) is 0 Å². The van der Waals surface area contributed by atoms with Gasteiger partial charge in [0.05, 0.1) is 13.5 Å². The molecule has 0 unspecified atom stereocenters. The number of rotatable bonds is 6. The molecule has 0 aliphatic carbocycles. The average molecular weight is 243 g/mol. The van der Waals surface area contributed by atoms with Crippen molar-refractivity contribution in [2.75, 3.05) is 67.0 Å². The van der Waals surface area contributed by atoms with Crippen molar-refractivity contribution in [2.45, 2.75) is 6.42 Å². The Hall–Kier alpha value is -0.650. The molecule has 1 fully saturated rings. The first kappa shape index (κ1) is 14.4. The van der Waals surface area contributed by atoms with Gasteiger partial charge in [-0.3, -0.25) is 9.69 Å². The molecule has 0 aromatic heterocycles.